The van der Waals surface area contributed by atoms with Crippen molar-refractivity contribution in [2.45, 2.75) is 57.9 Å². The number of phenolic OH excluding ortho intramolecular Hbond substituents is 1. The van der Waals surface area contributed by atoms with Gasteiger partial charge >= 0.3 is 17.9 Å². The van der Waals surface area contributed by atoms with E-state index in [4.69, 9.17) is 23.7 Å². The average Bonchev–Trinajstić information content (AvgIpc) is 2.66. The topological polar surface area (TPSA) is 138 Å². The second kappa shape index (κ2) is 10.9. The Morgan fingerprint density at radius 3 is 2.13 bits per heavy atom. The predicted molar refractivity (Wildman–Crippen MR) is 100 cm³/mol. The third-order valence-corrected chi connectivity index (χ3v) is 4.28. The first-order chi connectivity index (χ1) is 14.2. The van der Waals surface area contributed by atoms with Gasteiger partial charge in [0.05, 0.1) is 6.61 Å². The molecule has 0 aromatic heterocycles. The summed E-state index contributed by atoms with van der Waals surface area (Å²) in [6.07, 6.45) is -5.73. The lowest BCUT2D eigenvalue weighted by Gasteiger charge is -2.42. The van der Waals surface area contributed by atoms with Gasteiger partial charge in [-0.25, -0.2) is 0 Å². The number of esters is 3. The first-order valence-electron chi connectivity index (χ1n) is 9.38. The van der Waals surface area contributed by atoms with Gasteiger partial charge in [0.25, 0.3) is 0 Å². The molecule has 1 aliphatic heterocycles. The van der Waals surface area contributed by atoms with Crippen LogP contribution < -0.4 is 0 Å². The number of carbonyl (C=O) groups excluding carboxylic acids is 3. The second-order valence-corrected chi connectivity index (χ2v) is 6.77. The molecule has 10 nitrogen and oxygen atoms in total. The molecule has 2 N–H and O–H groups in total. The number of aliphatic hydroxyl groups excluding tert-OH is 1. The average molecular weight is 426 g/mol. The molecule has 2 rings (SSSR count). The van der Waals surface area contributed by atoms with Crippen molar-refractivity contribution < 1.29 is 48.3 Å². The number of phenols is 1. The molecule has 0 amide bonds. The van der Waals surface area contributed by atoms with E-state index in [0.717, 1.165) is 19.4 Å². The lowest BCUT2D eigenvalue weighted by molar-refractivity contribution is -0.306. The van der Waals surface area contributed by atoms with Crippen LogP contribution in [0.1, 0.15) is 26.3 Å². The zero-order valence-corrected chi connectivity index (χ0v) is 17.0. The molecule has 0 bridgehead atoms. The Morgan fingerprint density at radius 2 is 1.57 bits per heavy atom. The summed E-state index contributed by atoms with van der Waals surface area (Å²) in [7, 11) is 0. The van der Waals surface area contributed by atoms with Crippen molar-refractivity contribution in [1.82, 2.24) is 0 Å². The van der Waals surface area contributed by atoms with E-state index in [9.17, 15) is 24.6 Å². The van der Waals surface area contributed by atoms with Gasteiger partial charge in [-0.05, 0) is 24.1 Å². The summed E-state index contributed by atoms with van der Waals surface area (Å²) in [5.41, 5.74) is 0.877. The van der Waals surface area contributed by atoms with Gasteiger partial charge in [0.1, 0.15) is 24.6 Å². The standard InChI is InChI=1S/C20H26O10/c1-11(21)27-10-16-18(28-12(2)22)17(25)19(29-13(3)23)20(30-16)26-9-8-14-4-6-15(24)7-5-14/h4-7,16-20,24-25H,8-10H2,1-3H3/t16-,17+,18-,19-,20-/m1/s1. The molecule has 0 aliphatic carbocycles. The van der Waals surface area contributed by atoms with E-state index in [2.05, 4.69) is 0 Å². The Morgan fingerprint density at radius 1 is 0.967 bits per heavy atom. The highest BCUT2D eigenvalue weighted by Gasteiger charge is 2.50. The molecule has 10 heteroatoms. The van der Waals surface area contributed by atoms with E-state index >= 15 is 0 Å². The largest absolute Gasteiger partial charge is 0.508 e. The first kappa shape index (κ1) is 23.6. The quantitative estimate of drug-likeness (QED) is 0.445. The fourth-order valence-corrected chi connectivity index (χ4v) is 2.97. The lowest BCUT2D eigenvalue weighted by Crippen LogP contribution is -2.61. The minimum atomic E-state index is -1.47. The van der Waals surface area contributed by atoms with Crippen LogP contribution in [0.4, 0.5) is 0 Å². The highest BCUT2D eigenvalue weighted by Crippen LogP contribution is 2.27. The first-order valence-corrected chi connectivity index (χ1v) is 9.38. The summed E-state index contributed by atoms with van der Waals surface area (Å²) in [6, 6.07) is 6.52. The van der Waals surface area contributed by atoms with Crippen molar-refractivity contribution in [3.63, 3.8) is 0 Å². The van der Waals surface area contributed by atoms with Gasteiger partial charge in [-0.3, -0.25) is 14.4 Å². The van der Waals surface area contributed by atoms with Gasteiger partial charge in [-0.2, -0.15) is 0 Å². The van der Waals surface area contributed by atoms with E-state index in [1.54, 1.807) is 12.1 Å². The smallest absolute Gasteiger partial charge is 0.303 e. The maximum Gasteiger partial charge on any atom is 0.303 e. The summed E-state index contributed by atoms with van der Waals surface area (Å²) < 4.78 is 26.6. The zero-order chi connectivity index (χ0) is 22.3. The van der Waals surface area contributed by atoms with Crippen LogP contribution in [0.3, 0.4) is 0 Å². The third kappa shape index (κ3) is 6.97. The molecule has 1 aromatic rings. The van der Waals surface area contributed by atoms with Crippen molar-refractivity contribution in [1.29, 1.82) is 0 Å². The summed E-state index contributed by atoms with van der Waals surface area (Å²) in [6.45, 7) is 3.35. The molecule has 30 heavy (non-hydrogen) atoms. The van der Waals surface area contributed by atoms with Crippen LogP contribution in [0, 0.1) is 0 Å². The zero-order valence-electron chi connectivity index (χ0n) is 17.0. The molecule has 0 spiro atoms. The maximum atomic E-state index is 11.5. The Labute approximate surface area is 173 Å². The molecular formula is C20H26O10. The molecule has 5 atom stereocenters. The molecule has 1 fully saturated rings. The van der Waals surface area contributed by atoms with Crippen LogP contribution in [-0.2, 0) is 44.5 Å². The number of aromatic hydroxyl groups is 1. The molecule has 0 radical (unpaired) electrons. The lowest BCUT2D eigenvalue weighted by atomic mass is 9.98. The van der Waals surface area contributed by atoms with Crippen LogP contribution >= 0.6 is 0 Å². The van der Waals surface area contributed by atoms with Gasteiger partial charge in [0.15, 0.2) is 18.5 Å². The summed E-state index contributed by atoms with van der Waals surface area (Å²) >= 11 is 0. The molecule has 1 heterocycles. The molecule has 1 aromatic carbocycles. The SMILES string of the molecule is CC(=O)OC[C@H]1O[C@@H](OCCc2ccc(O)cc2)[C@H](OC(C)=O)[C@@H](O)[C@@H]1OC(C)=O. The normalized spacial score (nSPS) is 25.9. The summed E-state index contributed by atoms with van der Waals surface area (Å²) in [4.78, 5) is 34.1. The van der Waals surface area contributed by atoms with Crippen LogP contribution in [0.15, 0.2) is 24.3 Å². The fourth-order valence-electron chi connectivity index (χ4n) is 2.97. The molecule has 0 saturated carbocycles. The maximum absolute atomic E-state index is 11.5. The Kier molecular flexibility index (Phi) is 8.58. The second-order valence-electron chi connectivity index (χ2n) is 6.77. The fraction of sp³-hybridized carbons (Fsp3) is 0.550. The Bertz CT molecular complexity index is 730. The monoisotopic (exact) mass is 426 g/mol. The Balaban J connectivity index is 2.12. The van der Waals surface area contributed by atoms with Gasteiger partial charge < -0.3 is 33.9 Å². The minimum Gasteiger partial charge on any atom is -0.508 e. The van der Waals surface area contributed by atoms with Crippen LogP contribution in [0.25, 0.3) is 0 Å². The van der Waals surface area contributed by atoms with E-state index < -0.39 is 48.6 Å². The van der Waals surface area contributed by atoms with Crippen LogP contribution in [-0.4, -0.2) is 72.0 Å². The van der Waals surface area contributed by atoms with Crippen LogP contribution in [0.2, 0.25) is 0 Å². The van der Waals surface area contributed by atoms with Gasteiger partial charge in [0, 0.05) is 20.8 Å². The van der Waals surface area contributed by atoms with E-state index in [-0.39, 0.29) is 19.0 Å². The van der Waals surface area contributed by atoms with Gasteiger partial charge in [-0.15, -0.1) is 0 Å². The number of ether oxygens (including phenoxy) is 5. The van der Waals surface area contributed by atoms with Crippen molar-refractivity contribution in [3.05, 3.63) is 29.8 Å². The number of hydrogen-bond donors (Lipinski definition) is 2. The highest BCUT2D eigenvalue weighted by molar-refractivity contribution is 5.67. The molecular weight excluding hydrogens is 400 g/mol. The van der Waals surface area contributed by atoms with Crippen molar-refractivity contribution in [2.75, 3.05) is 13.2 Å². The minimum absolute atomic E-state index is 0.137. The van der Waals surface area contributed by atoms with Gasteiger partial charge in [0.2, 0.25) is 0 Å². The van der Waals surface area contributed by atoms with Crippen LogP contribution in [0.5, 0.6) is 5.75 Å². The molecule has 0 unspecified atom stereocenters. The van der Waals surface area contributed by atoms with Crippen molar-refractivity contribution in [3.8, 4) is 5.75 Å². The molecule has 166 valence electrons. The molecule has 1 aliphatic rings. The third-order valence-electron chi connectivity index (χ3n) is 4.28. The number of aliphatic hydroxyl groups is 1. The number of hydrogen-bond acceptors (Lipinski definition) is 10. The highest BCUT2D eigenvalue weighted by atomic mass is 16.7. The summed E-state index contributed by atoms with van der Waals surface area (Å²) in [5.74, 6) is -1.82. The molecule has 1 saturated heterocycles. The number of benzene rings is 1. The van der Waals surface area contributed by atoms with Crippen molar-refractivity contribution in [2.24, 2.45) is 0 Å². The Hall–Kier alpha value is -2.69. The van der Waals surface area contributed by atoms with Crippen molar-refractivity contribution >= 4 is 17.9 Å². The van der Waals surface area contributed by atoms with E-state index in [0.29, 0.717) is 6.42 Å². The number of rotatable bonds is 8. The predicted octanol–water partition coefficient (Wildman–Crippen LogP) is 0.464. The van der Waals surface area contributed by atoms with E-state index in [1.807, 2.05) is 0 Å². The van der Waals surface area contributed by atoms with Gasteiger partial charge in [-0.1, -0.05) is 12.1 Å². The van der Waals surface area contributed by atoms with E-state index in [1.165, 1.54) is 19.1 Å². The summed E-state index contributed by atoms with van der Waals surface area (Å²) in [5, 5.41) is 20.0. The number of carbonyl (C=O) groups is 3.